The van der Waals surface area contributed by atoms with E-state index in [1.807, 2.05) is 7.05 Å². The highest BCUT2D eigenvalue weighted by molar-refractivity contribution is 5.77. The van der Waals surface area contributed by atoms with Crippen molar-refractivity contribution in [3.63, 3.8) is 0 Å². The van der Waals surface area contributed by atoms with Crippen LogP contribution in [0.1, 0.15) is 19.3 Å². The van der Waals surface area contributed by atoms with Crippen molar-refractivity contribution >= 4 is 5.91 Å². The van der Waals surface area contributed by atoms with E-state index in [0.29, 0.717) is 38.2 Å². The molecule has 1 aliphatic rings. The predicted molar refractivity (Wildman–Crippen MR) is 67.7 cm³/mol. The van der Waals surface area contributed by atoms with Gasteiger partial charge in [0.05, 0.1) is 6.54 Å². The van der Waals surface area contributed by atoms with E-state index in [9.17, 15) is 4.79 Å². The molecule has 17 heavy (non-hydrogen) atoms. The molecule has 1 atom stereocenters. The lowest BCUT2D eigenvalue weighted by Gasteiger charge is -2.26. The van der Waals surface area contributed by atoms with E-state index in [1.54, 1.807) is 7.11 Å². The lowest BCUT2D eigenvalue weighted by Crippen LogP contribution is -2.45. The smallest absolute Gasteiger partial charge is 0.234 e. The van der Waals surface area contributed by atoms with Crippen molar-refractivity contribution in [2.24, 2.45) is 11.7 Å². The summed E-state index contributed by atoms with van der Waals surface area (Å²) in [6.07, 6.45) is 3.36. The number of carbonyl (C=O) groups is 1. The molecule has 3 N–H and O–H groups in total. The zero-order valence-electron chi connectivity index (χ0n) is 10.9. The van der Waals surface area contributed by atoms with Gasteiger partial charge >= 0.3 is 0 Å². The first-order chi connectivity index (χ1) is 8.19. The Labute approximate surface area is 104 Å². The first-order valence-electron chi connectivity index (χ1n) is 6.35. The summed E-state index contributed by atoms with van der Waals surface area (Å²) in [5.74, 6) is 0.772. The second-order valence-electron chi connectivity index (χ2n) is 4.75. The average Bonchev–Trinajstić information content (AvgIpc) is 3.10. The van der Waals surface area contributed by atoms with E-state index in [2.05, 4.69) is 10.2 Å². The third-order valence-corrected chi connectivity index (χ3v) is 3.21. The predicted octanol–water partition coefficient (Wildman–Crippen LogP) is -0.192. The van der Waals surface area contributed by atoms with Crippen LogP contribution < -0.4 is 11.1 Å². The molecule has 0 aromatic heterocycles. The van der Waals surface area contributed by atoms with Crippen LogP contribution >= 0.6 is 0 Å². The second-order valence-corrected chi connectivity index (χ2v) is 4.75. The number of nitrogens with one attached hydrogen (secondary N) is 1. The molecule has 0 aromatic carbocycles. The van der Waals surface area contributed by atoms with Crippen LogP contribution in [0, 0.1) is 5.92 Å². The molecule has 0 aliphatic heterocycles. The third kappa shape index (κ3) is 5.48. The summed E-state index contributed by atoms with van der Waals surface area (Å²) >= 11 is 0. The summed E-state index contributed by atoms with van der Waals surface area (Å²) in [5, 5.41) is 2.89. The zero-order valence-corrected chi connectivity index (χ0v) is 10.9. The standard InChI is InChI=1S/C12H25N3O2/c1-15(11(8-13)10-4-5-10)9-12(16)14-6-3-7-17-2/h10-11H,3-9,13H2,1-2H3,(H,14,16). The Hall–Kier alpha value is -0.650. The number of likely N-dealkylation sites (N-methyl/N-ethyl adjacent to an activating group) is 1. The number of hydrogen-bond acceptors (Lipinski definition) is 4. The lowest BCUT2D eigenvalue weighted by atomic mass is 10.1. The number of ether oxygens (including phenoxy) is 1. The van der Waals surface area contributed by atoms with Gasteiger partial charge in [0.15, 0.2) is 0 Å². The summed E-state index contributed by atoms with van der Waals surface area (Å²) < 4.78 is 4.92. The molecule has 1 saturated carbocycles. The first kappa shape index (κ1) is 14.4. The number of amides is 1. The lowest BCUT2D eigenvalue weighted by molar-refractivity contribution is -0.122. The van der Waals surface area contributed by atoms with Crippen molar-refractivity contribution in [1.29, 1.82) is 0 Å². The second kappa shape index (κ2) is 7.63. The summed E-state index contributed by atoms with van der Waals surface area (Å²) in [6, 6.07) is 0.361. The van der Waals surface area contributed by atoms with Crippen molar-refractivity contribution in [3.05, 3.63) is 0 Å². The van der Waals surface area contributed by atoms with Crippen molar-refractivity contribution in [1.82, 2.24) is 10.2 Å². The van der Waals surface area contributed by atoms with Gasteiger partial charge in [-0.15, -0.1) is 0 Å². The zero-order chi connectivity index (χ0) is 12.7. The highest BCUT2D eigenvalue weighted by atomic mass is 16.5. The van der Waals surface area contributed by atoms with E-state index in [-0.39, 0.29) is 5.91 Å². The van der Waals surface area contributed by atoms with Crippen LogP contribution in [0.4, 0.5) is 0 Å². The number of hydrogen-bond donors (Lipinski definition) is 2. The molecule has 5 nitrogen and oxygen atoms in total. The Bertz CT molecular complexity index is 232. The minimum atomic E-state index is 0.0719. The fourth-order valence-corrected chi connectivity index (χ4v) is 2.06. The number of methoxy groups -OCH3 is 1. The summed E-state index contributed by atoms with van der Waals surface area (Å²) in [6.45, 7) is 2.43. The fraction of sp³-hybridized carbons (Fsp3) is 0.917. The molecule has 1 aliphatic carbocycles. The van der Waals surface area contributed by atoms with E-state index in [0.717, 1.165) is 6.42 Å². The number of rotatable bonds is 9. The normalized spacial score (nSPS) is 17.2. The van der Waals surface area contributed by atoms with Gasteiger partial charge in [-0.25, -0.2) is 0 Å². The quantitative estimate of drug-likeness (QED) is 0.551. The van der Waals surface area contributed by atoms with Crippen molar-refractivity contribution in [3.8, 4) is 0 Å². The van der Waals surface area contributed by atoms with Crippen LogP contribution in [-0.4, -0.2) is 57.2 Å². The van der Waals surface area contributed by atoms with Crippen molar-refractivity contribution < 1.29 is 9.53 Å². The molecular weight excluding hydrogens is 218 g/mol. The molecule has 1 fully saturated rings. The Morgan fingerprint density at radius 2 is 2.29 bits per heavy atom. The Balaban J connectivity index is 2.15. The number of carbonyl (C=O) groups excluding carboxylic acids is 1. The third-order valence-electron chi connectivity index (χ3n) is 3.21. The average molecular weight is 243 g/mol. The monoisotopic (exact) mass is 243 g/mol. The SMILES string of the molecule is COCCCNC(=O)CN(C)C(CN)C1CC1. The largest absolute Gasteiger partial charge is 0.385 e. The molecule has 0 saturated heterocycles. The maximum Gasteiger partial charge on any atom is 0.234 e. The van der Waals surface area contributed by atoms with Gasteiger partial charge in [0, 0.05) is 32.8 Å². The van der Waals surface area contributed by atoms with Gasteiger partial charge in [-0.1, -0.05) is 0 Å². The minimum Gasteiger partial charge on any atom is -0.385 e. The summed E-state index contributed by atoms with van der Waals surface area (Å²) in [5.41, 5.74) is 5.74. The van der Waals surface area contributed by atoms with Crippen LogP contribution in [-0.2, 0) is 9.53 Å². The van der Waals surface area contributed by atoms with Crippen LogP contribution in [0.25, 0.3) is 0 Å². The molecule has 1 amide bonds. The van der Waals surface area contributed by atoms with Crippen LogP contribution in [0.5, 0.6) is 0 Å². The molecule has 5 heteroatoms. The van der Waals surface area contributed by atoms with Gasteiger partial charge in [-0.2, -0.15) is 0 Å². The van der Waals surface area contributed by atoms with Crippen LogP contribution in [0.3, 0.4) is 0 Å². The van der Waals surface area contributed by atoms with E-state index in [1.165, 1.54) is 12.8 Å². The molecule has 1 unspecified atom stereocenters. The molecule has 0 aromatic rings. The van der Waals surface area contributed by atoms with Gasteiger partial charge in [0.1, 0.15) is 0 Å². The molecule has 0 spiro atoms. The van der Waals surface area contributed by atoms with E-state index >= 15 is 0 Å². The van der Waals surface area contributed by atoms with Crippen molar-refractivity contribution in [2.45, 2.75) is 25.3 Å². The molecular formula is C12H25N3O2. The molecule has 0 radical (unpaired) electrons. The molecule has 100 valence electrons. The van der Waals surface area contributed by atoms with Crippen LogP contribution in [0.15, 0.2) is 0 Å². The molecule has 0 heterocycles. The first-order valence-corrected chi connectivity index (χ1v) is 6.35. The van der Waals surface area contributed by atoms with Gasteiger partial charge < -0.3 is 15.8 Å². The van der Waals surface area contributed by atoms with E-state index in [4.69, 9.17) is 10.5 Å². The molecule has 1 rings (SSSR count). The van der Waals surface area contributed by atoms with Gasteiger partial charge in [0.25, 0.3) is 0 Å². The Kier molecular flexibility index (Phi) is 6.47. The highest BCUT2D eigenvalue weighted by Gasteiger charge is 2.33. The summed E-state index contributed by atoms with van der Waals surface area (Å²) in [4.78, 5) is 13.7. The van der Waals surface area contributed by atoms with Crippen LogP contribution in [0.2, 0.25) is 0 Å². The Morgan fingerprint density at radius 3 is 2.82 bits per heavy atom. The number of nitrogens with zero attached hydrogens (tertiary/aromatic N) is 1. The van der Waals surface area contributed by atoms with Gasteiger partial charge in [-0.05, 0) is 32.2 Å². The number of nitrogens with two attached hydrogens (primary N) is 1. The highest BCUT2D eigenvalue weighted by Crippen LogP contribution is 2.34. The fourth-order valence-electron chi connectivity index (χ4n) is 2.06. The van der Waals surface area contributed by atoms with E-state index < -0.39 is 0 Å². The van der Waals surface area contributed by atoms with Gasteiger partial charge in [0.2, 0.25) is 5.91 Å². The maximum absolute atomic E-state index is 11.6. The van der Waals surface area contributed by atoms with Gasteiger partial charge in [-0.3, -0.25) is 9.69 Å². The Morgan fingerprint density at radius 1 is 1.59 bits per heavy atom. The molecule has 0 bridgehead atoms. The van der Waals surface area contributed by atoms with Crippen molar-refractivity contribution in [2.75, 3.05) is 40.4 Å². The topological polar surface area (TPSA) is 67.6 Å². The summed E-state index contributed by atoms with van der Waals surface area (Å²) in [7, 11) is 3.64. The minimum absolute atomic E-state index is 0.0719. The maximum atomic E-state index is 11.6.